The molecule has 0 saturated carbocycles. The molecule has 1 aromatic carbocycles. The Balaban J connectivity index is 2.26. The van der Waals surface area contributed by atoms with Crippen molar-refractivity contribution in [2.45, 2.75) is 6.92 Å². The van der Waals surface area contributed by atoms with Crippen LogP contribution >= 0.6 is 0 Å². The molecule has 1 amide bonds. The molecule has 0 aliphatic rings. The lowest BCUT2D eigenvalue weighted by Gasteiger charge is -2.07. The molecule has 0 unspecified atom stereocenters. The highest BCUT2D eigenvalue weighted by Crippen LogP contribution is 2.17. The molecule has 3 N–H and O–H groups in total. The molecular weight excluding hydrogens is 234 g/mol. The molecule has 0 atom stereocenters. The summed E-state index contributed by atoms with van der Waals surface area (Å²) in [6.07, 6.45) is 3.00. The highest BCUT2D eigenvalue weighted by atomic mass is 16.4. The second-order valence-corrected chi connectivity index (χ2v) is 3.73. The first-order valence-corrected chi connectivity index (χ1v) is 5.22. The second kappa shape index (κ2) is 4.70. The minimum atomic E-state index is -1.04. The summed E-state index contributed by atoms with van der Waals surface area (Å²) < 4.78 is 0. The topological polar surface area (TPSA) is 95.1 Å². The van der Waals surface area contributed by atoms with Crippen molar-refractivity contribution in [3.8, 4) is 0 Å². The van der Waals surface area contributed by atoms with E-state index < -0.39 is 11.9 Å². The van der Waals surface area contributed by atoms with Crippen LogP contribution in [0.25, 0.3) is 0 Å². The lowest BCUT2D eigenvalue weighted by atomic mass is 10.1. The first-order chi connectivity index (χ1) is 8.58. The Morgan fingerprint density at radius 2 is 2.17 bits per heavy atom. The molecule has 18 heavy (non-hydrogen) atoms. The molecule has 0 radical (unpaired) electrons. The van der Waals surface area contributed by atoms with Crippen molar-refractivity contribution in [2.24, 2.45) is 0 Å². The zero-order chi connectivity index (χ0) is 13.1. The molecule has 0 aliphatic heterocycles. The number of rotatable bonds is 3. The standard InChI is InChI=1S/C12H11N3O3/c1-7-2-3-8(12(17)18)6-9(7)15-11(16)10-13-4-5-14-10/h2-6H,1H3,(H,13,14)(H,15,16)(H,17,18). The quantitative estimate of drug-likeness (QED) is 0.766. The summed E-state index contributed by atoms with van der Waals surface area (Å²) in [5.41, 5.74) is 1.35. The molecular formula is C12H11N3O3. The van der Waals surface area contributed by atoms with E-state index in [9.17, 15) is 9.59 Å². The minimum absolute atomic E-state index is 0.121. The monoisotopic (exact) mass is 245 g/mol. The second-order valence-electron chi connectivity index (χ2n) is 3.73. The third-order valence-corrected chi connectivity index (χ3v) is 2.45. The van der Waals surface area contributed by atoms with E-state index in [1.165, 1.54) is 24.5 Å². The summed E-state index contributed by atoms with van der Waals surface area (Å²) in [4.78, 5) is 29.1. The van der Waals surface area contributed by atoms with Crippen molar-refractivity contribution >= 4 is 17.6 Å². The number of carboxylic acid groups (broad SMARTS) is 1. The van der Waals surface area contributed by atoms with Gasteiger partial charge in [-0.15, -0.1) is 0 Å². The number of aromatic nitrogens is 2. The van der Waals surface area contributed by atoms with Crippen molar-refractivity contribution in [3.63, 3.8) is 0 Å². The van der Waals surface area contributed by atoms with Gasteiger partial charge in [0.25, 0.3) is 5.91 Å². The van der Waals surface area contributed by atoms with Gasteiger partial charge in [0.05, 0.1) is 5.56 Å². The van der Waals surface area contributed by atoms with Gasteiger partial charge in [0.15, 0.2) is 5.82 Å². The van der Waals surface area contributed by atoms with Gasteiger partial charge in [0, 0.05) is 18.1 Å². The van der Waals surface area contributed by atoms with Crippen molar-refractivity contribution in [1.82, 2.24) is 9.97 Å². The fraction of sp³-hybridized carbons (Fsp3) is 0.0833. The summed E-state index contributed by atoms with van der Waals surface area (Å²) in [5, 5.41) is 11.5. The van der Waals surface area contributed by atoms with Crippen molar-refractivity contribution in [3.05, 3.63) is 47.5 Å². The maximum absolute atomic E-state index is 11.8. The van der Waals surface area contributed by atoms with E-state index in [-0.39, 0.29) is 11.4 Å². The molecule has 6 nitrogen and oxygen atoms in total. The largest absolute Gasteiger partial charge is 0.478 e. The Kier molecular flexibility index (Phi) is 3.09. The molecule has 2 aromatic rings. The average Bonchev–Trinajstić information content (AvgIpc) is 2.85. The number of carbonyl (C=O) groups is 2. The van der Waals surface area contributed by atoms with Crippen LogP contribution in [0.4, 0.5) is 5.69 Å². The zero-order valence-corrected chi connectivity index (χ0v) is 9.60. The number of aromatic carboxylic acids is 1. The van der Waals surface area contributed by atoms with E-state index in [0.29, 0.717) is 5.69 Å². The van der Waals surface area contributed by atoms with Crippen LogP contribution in [0, 0.1) is 6.92 Å². The highest BCUT2D eigenvalue weighted by molar-refractivity contribution is 6.02. The van der Waals surface area contributed by atoms with Crippen LogP contribution < -0.4 is 5.32 Å². The Hall–Kier alpha value is -2.63. The normalized spacial score (nSPS) is 10.1. The number of benzene rings is 1. The van der Waals surface area contributed by atoms with Crippen molar-refractivity contribution < 1.29 is 14.7 Å². The van der Waals surface area contributed by atoms with E-state index in [4.69, 9.17) is 5.11 Å². The molecule has 1 aromatic heterocycles. The fourth-order valence-electron chi connectivity index (χ4n) is 1.46. The van der Waals surface area contributed by atoms with Gasteiger partial charge >= 0.3 is 5.97 Å². The minimum Gasteiger partial charge on any atom is -0.478 e. The summed E-state index contributed by atoms with van der Waals surface area (Å²) in [5.74, 6) is -1.27. The van der Waals surface area contributed by atoms with Crippen LogP contribution in [0.1, 0.15) is 26.5 Å². The van der Waals surface area contributed by atoms with Gasteiger partial charge in [-0.25, -0.2) is 9.78 Å². The van der Waals surface area contributed by atoms with Gasteiger partial charge in [0.1, 0.15) is 0 Å². The number of carbonyl (C=O) groups excluding carboxylic acids is 1. The van der Waals surface area contributed by atoms with E-state index in [2.05, 4.69) is 15.3 Å². The Morgan fingerprint density at radius 1 is 1.39 bits per heavy atom. The molecule has 0 fully saturated rings. The van der Waals surface area contributed by atoms with Gasteiger partial charge in [-0.1, -0.05) is 6.07 Å². The molecule has 2 rings (SSSR count). The van der Waals surface area contributed by atoms with Crippen LogP contribution in [0.3, 0.4) is 0 Å². The number of H-pyrrole nitrogens is 1. The SMILES string of the molecule is Cc1ccc(C(=O)O)cc1NC(=O)c1ncc[nH]1. The number of carboxylic acids is 1. The van der Waals surface area contributed by atoms with E-state index in [0.717, 1.165) is 5.56 Å². The molecule has 6 heteroatoms. The fourth-order valence-corrected chi connectivity index (χ4v) is 1.46. The first-order valence-electron chi connectivity index (χ1n) is 5.22. The number of aromatic amines is 1. The maximum atomic E-state index is 11.8. The Morgan fingerprint density at radius 3 is 2.78 bits per heavy atom. The molecule has 0 saturated heterocycles. The number of imidazole rings is 1. The van der Waals surface area contributed by atoms with E-state index in [1.807, 2.05) is 0 Å². The Bertz CT molecular complexity index is 591. The Labute approximate surface area is 103 Å². The summed E-state index contributed by atoms with van der Waals surface area (Å²) in [7, 11) is 0. The first kappa shape index (κ1) is 11.8. The number of hydrogen-bond acceptors (Lipinski definition) is 3. The summed E-state index contributed by atoms with van der Waals surface area (Å²) in [6, 6.07) is 4.54. The predicted octanol–water partition coefficient (Wildman–Crippen LogP) is 1.67. The molecule has 92 valence electrons. The predicted molar refractivity (Wildman–Crippen MR) is 64.7 cm³/mol. The smallest absolute Gasteiger partial charge is 0.335 e. The van der Waals surface area contributed by atoms with Crippen LogP contribution in [0.2, 0.25) is 0 Å². The van der Waals surface area contributed by atoms with E-state index in [1.54, 1.807) is 13.0 Å². The summed E-state index contributed by atoms with van der Waals surface area (Å²) >= 11 is 0. The van der Waals surface area contributed by atoms with E-state index >= 15 is 0 Å². The van der Waals surface area contributed by atoms with Gasteiger partial charge < -0.3 is 15.4 Å². The third-order valence-electron chi connectivity index (χ3n) is 2.45. The molecule has 0 spiro atoms. The molecule has 0 aliphatic carbocycles. The average molecular weight is 245 g/mol. The van der Waals surface area contributed by atoms with Gasteiger partial charge in [-0.2, -0.15) is 0 Å². The number of hydrogen-bond donors (Lipinski definition) is 3. The lowest BCUT2D eigenvalue weighted by Crippen LogP contribution is -2.15. The molecule has 1 heterocycles. The maximum Gasteiger partial charge on any atom is 0.335 e. The highest BCUT2D eigenvalue weighted by Gasteiger charge is 2.11. The third kappa shape index (κ3) is 2.37. The molecule has 0 bridgehead atoms. The van der Waals surface area contributed by atoms with Crippen LogP contribution in [-0.2, 0) is 0 Å². The van der Waals surface area contributed by atoms with Crippen molar-refractivity contribution in [1.29, 1.82) is 0 Å². The van der Waals surface area contributed by atoms with Crippen LogP contribution in [0.5, 0.6) is 0 Å². The summed E-state index contributed by atoms with van der Waals surface area (Å²) in [6.45, 7) is 1.78. The number of amides is 1. The number of nitrogens with zero attached hydrogens (tertiary/aromatic N) is 1. The lowest BCUT2D eigenvalue weighted by molar-refractivity contribution is 0.0696. The van der Waals surface area contributed by atoms with Crippen LogP contribution in [0.15, 0.2) is 30.6 Å². The van der Waals surface area contributed by atoms with Crippen molar-refractivity contribution in [2.75, 3.05) is 5.32 Å². The number of anilines is 1. The van der Waals surface area contributed by atoms with Gasteiger partial charge in [-0.3, -0.25) is 4.79 Å². The van der Waals surface area contributed by atoms with Gasteiger partial charge in [-0.05, 0) is 24.6 Å². The number of nitrogens with one attached hydrogen (secondary N) is 2. The van der Waals surface area contributed by atoms with Crippen LogP contribution in [-0.4, -0.2) is 27.0 Å². The number of aryl methyl sites for hydroxylation is 1. The zero-order valence-electron chi connectivity index (χ0n) is 9.60. The van der Waals surface area contributed by atoms with Gasteiger partial charge in [0.2, 0.25) is 0 Å².